The molecule has 1 aliphatic rings. The third kappa shape index (κ3) is 6.24. The van der Waals surface area contributed by atoms with Crippen molar-refractivity contribution in [1.29, 1.82) is 0 Å². The predicted octanol–water partition coefficient (Wildman–Crippen LogP) is 2.84. The number of rotatable bonds is 2. The van der Waals surface area contributed by atoms with Crippen molar-refractivity contribution in [3.8, 4) is 0 Å². The molecule has 18 heavy (non-hydrogen) atoms. The molecule has 0 bridgehead atoms. The number of alkyl carbamates (subject to hydrolysis) is 1. The van der Waals surface area contributed by atoms with Gasteiger partial charge < -0.3 is 15.2 Å². The largest absolute Gasteiger partial charge is 0.444 e. The Balaban J connectivity index is 2.33. The second-order valence-electron chi connectivity index (χ2n) is 6.20. The third-order valence-electron chi connectivity index (χ3n) is 3.28. The minimum Gasteiger partial charge on any atom is -0.444 e. The molecule has 0 saturated heterocycles. The highest BCUT2D eigenvalue weighted by molar-refractivity contribution is 5.67. The lowest BCUT2D eigenvalue weighted by atomic mass is 9.89. The molecule has 0 aromatic rings. The van der Waals surface area contributed by atoms with Gasteiger partial charge in [-0.3, -0.25) is 0 Å². The van der Waals surface area contributed by atoms with Crippen molar-refractivity contribution >= 4 is 6.09 Å². The number of amides is 1. The molecule has 0 radical (unpaired) electrons. The van der Waals surface area contributed by atoms with E-state index >= 15 is 0 Å². The summed E-state index contributed by atoms with van der Waals surface area (Å²) in [5, 5.41) is 12.8. The van der Waals surface area contributed by atoms with Crippen molar-refractivity contribution < 1.29 is 14.6 Å². The maximum atomic E-state index is 11.5. The van der Waals surface area contributed by atoms with Crippen LogP contribution in [0.2, 0.25) is 0 Å². The summed E-state index contributed by atoms with van der Waals surface area (Å²) < 4.78 is 5.19. The molecule has 2 atom stereocenters. The van der Waals surface area contributed by atoms with Crippen LogP contribution in [0.4, 0.5) is 4.79 Å². The number of carbonyl (C=O) groups excluding carboxylic acids is 1. The van der Waals surface area contributed by atoms with Gasteiger partial charge in [0.25, 0.3) is 0 Å². The molecule has 106 valence electrons. The Labute approximate surface area is 110 Å². The van der Waals surface area contributed by atoms with E-state index in [0.29, 0.717) is 6.54 Å². The zero-order valence-electron chi connectivity index (χ0n) is 11.9. The van der Waals surface area contributed by atoms with Gasteiger partial charge in [0, 0.05) is 12.5 Å². The third-order valence-corrected chi connectivity index (χ3v) is 3.28. The van der Waals surface area contributed by atoms with Gasteiger partial charge in [-0.2, -0.15) is 0 Å². The van der Waals surface area contributed by atoms with Crippen LogP contribution in [0.1, 0.15) is 59.3 Å². The van der Waals surface area contributed by atoms with Crippen molar-refractivity contribution in [2.75, 3.05) is 6.54 Å². The van der Waals surface area contributed by atoms with Crippen molar-refractivity contribution in [1.82, 2.24) is 5.32 Å². The Kier molecular flexibility index (Phi) is 5.93. The van der Waals surface area contributed by atoms with Gasteiger partial charge >= 0.3 is 6.09 Å². The van der Waals surface area contributed by atoms with Crippen LogP contribution in [0.15, 0.2) is 0 Å². The minimum absolute atomic E-state index is 0.165. The summed E-state index contributed by atoms with van der Waals surface area (Å²) in [6.45, 7) is 6.04. The van der Waals surface area contributed by atoms with E-state index in [1.807, 2.05) is 20.8 Å². The van der Waals surface area contributed by atoms with E-state index < -0.39 is 11.7 Å². The number of ether oxygens (including phenoxy) is 1. The van der Waals surface area contributed by atoms with E-state index in [2.05, 4.69) is 5.32 Å². The zero-order valence-corrected chi connectivity index (χ0v) is 11.9. The van der Waals surface area contributed by atoms with Crippen LogP contribution in [0, 0.1) is 5.92 Å². The molecule has 0 aromatic heterocycles. The van der Waals surface area contributed by atoms with Crippen LogP contribution >= 0.6 is 0 Å². The Hall–Kier alpha value is -0.770. The van der Waals surface area contributed by atoms with Gasteiger partial charge in [0.1, 0.15) is 5.60 Å². The zero-order chi connectivity index (χ0) is 13.6. The van der Waals surface area contributed by atoms with Gasteiger partial charge in [-0.05, 0) is 33.6 Å². The molecule has 0 spiro atoms. The Bertz CT molecular complexity index is 260. The number of aliphatic hydroxyl groups excluding tert-OH is 1. The van der Waals surface area contributed by atoms with Gasteiger partial charge in [-0.1, -0.05) is 25.7 Å². The molecule has 2 N–H and O–H groups in total. The van der Waals surface area contributed by atoms with Gasteiger partial charge in [-0.25, -0.2) is 4.79 Å². The molecule has 0 aromatic carbocycles. The summed E-state index contributed by atoms with van der Waals surface area (Å²) in [5.74, 6) is 0.165. The highest BCUT2D eigenvalue weighted by Gasteiger charge is 2.22. The first-order valence-electron chi connectivity index (χ1n) is 7.03. The number of carbonyl (C=O) groups is 1. The van der Waals surface area contributed by atoms with Crippen LogP contribution < -0.4 is 5.32 Å². The van der Waals surface area contributed by atoms with E-state index in [9.17, 15) is 9.90 Å². The second-order valence-corrected chi connectivity index (χ2v) is 6.20. The van der Waals surface area contributed by atoms with Crippen molar-refractivity contribution in [2.24, 2.45) is 5.92 Å². The van der Waals surface area contributed by atoms with Crippen LogP contribution in [-0.4, -0.2) is 29.4 Å². The van der Waals surface area contributed by atoms with Crippen LogP contribution in [-0.2, 0) is 4.74 Å². The smallest absolute Gasteiger partial charge is 0.407 e. The quantitative estimate of drug-likeness (QED) is 0.799. The van der Waals surface area contributed by atoms with Crippen LogP contribution in [0.5, 0.6) is 0 Å². The predicted molar refractivity (Wildman–Crippen MR) is 71.4 cm³/mol. The molecule has 0 aliphatic heterocycles. The summed E-state index contributed by atoms with van der Waals surface area (Å²) in [4.78, 5) is 11.5. The fourth-order valence-electron chi connectivity index (χ4n) is 2.31. The average molecular weight is 257 g/mol. The molecular weight excluding hydrogens is 230 g/mol. The van der Waals surface area contributed by atoms with Crippen LogP contribution in [0.3, 0.4) is 0 Å². The summed E-state index contributed by atoms with van der Waals surface area (Å²) in [7, 11) is 0. The summed E-state index contributed by atoms with van der Waals surface area (Å²) in [6, 6.07) is 0. The van der Waals surface area contributed by atoms with Crippen LogP contribution in [0.25, 0.3) is 0 Å². The fourth-order valence-corrected chi connectivity index (χ4v) is 2.31. The van der Waals surface area contributed by atoms with Crippen molar-refractivity contribution in [3.05, 3.63) is 0 Å². The monoisotopic (exact) mass is 257 g/mol. The first-order chi connectivity index (χ1) is 8.38. The van der Waals surface area contributed by atoms with E-state index in [0.717, 1.165) is 25.7 Å². The lowest BCUT2D eigenvalue weighted by molar-refractivity contribution is 0.0461. The average Bonchev–Trinajstić information content (AvgIpc) is 2.20. The maximum Gasteiger partial charge on any atom is 0.407 e. The van der Waals surface area contributed by atoms with Gasteiger partial charge in [-0.15, -0.1) is 0 Å². The molecule has 0 unspecified atom stereocenters. The normalized spacial score (nSPS) is 26.0. The van der Waals surface area contributed by atoms with Crippen molar-refractivity contribution in [2.45, 2.75) is 71.0 Å². The summed E-state index contributed by atoms with van der Waals surface area (Å²) in [6.07, 6.45) is 5.82. The molecule has 1 saturated carbocycles. The Morgan fingerprint density at radius 1 is 1.22 bits per heavy atom. The van der Waals surface area contributed by atoms with Crippen molar-refractivity contribution in [3.63, 3.8) is 0 Å². The molecule has 4 nitrogen and oxygen atoms in total. The molecule has 1 rings (SSSR count). The molecule has 0 heterocycles. The highest BCUT2D eigenvalue weighted by Crippen LogP contribution is 2.22. The molecular formula is C14H27NO3. The van der Waals surface area contributed by atoms with E-state index in [4.69, 9.17) is 4.74 Å². The van der Waals surface area contributed by atoms with E-state index in [1.54, 1.807) is 0 Å². The number of hydrogen-bond acceptors (Lipinski definition) is 3. The fraction of sp³-hybridized carbons (Fsp3) is 0.929. The van der Waals surface area contributed by atoms with Gasteiger partial charge in [0.15, 0.2) is 0 Å². The minimum atomic E-state index is -0.469. The molecule has 1 aliphatic carbocycles. The van der Waals surface area contributed by atoms with Gasteiger partial charge in [0.05, 0.1) is 6.10 Å². The summed E-state index contributed by atoms with van der Waals surface area (Å²) >= 11 is 0. The lowest BCUT2D eigenvalue weighted by Gasteiger charge is -2.26. The topological polar surface area (TPSA) is 58.6 Å². The van der Waals surface area contributed by atoms with E-state index in [-0.39, 0.29) is 12.0 Å². The second kappa shape index (κ2) is 6.98. The molecule has 4 heteroatoms. The Morgan fingerprint density at radius 2 is 1.83 bits per heavy atom. The first kappa shape index (κ1) is 15.3. The number of aliphatic hydroxyl groups is 1. The molecule has 1 amide bonds. The number of nitrogens with one attached hydrogen (secondary N) is 1. The standard InChI is InChI=1S/C14H27NO3/c1-14(2,3)18-13(17)15-10-11-8-6-4-5-7-9-12(11)16/h11-12,16H,4-10H2,1-3H3,(H,15,17)/t11-,12-/m0/s1. The van der Waals surface area contributed by atoms with Gasteiger partial charge in [0.2, 0.25) is 0 Å². The number of hydrogen-bond donors (Lipinski definition) is 2. The lowest BCUT2D eigenvalue weighted by Crippen LogP contribution is -2.38. The summed E-state index contributed by atoms with van der Waals surface area (Å²) in [5.41, 5.74) is -0.469. The molecule has 1 fully saturated rings. The van der Waals surface area contributed by atoms with E-state index in [1.165, 1.54) is 12.8 Å². The SMILES string of the molecule is CC(C)(C)OC(=O)NC[C@@H]1CCCCCC[C@@H]1O. The first-order valence-corrected chi connectivity index (χ1v) is 7.03. The highest BCUT2D eigenvalue weighted by atomic mass is 16.6. The Morgan fingerprint density at radius 3 is 2.44 bits per heavy atom. The maximum absolute atomic E-state index is 11.5.